The lowest BCUT2D eigenvalue weighted by molar-refractivity contribution is 0.0697. The standard InChI is InChI=1S/C9H6N2O4.H4N2.H2O/c12-7-5-2-1-4(9(14)15)3-6(5)8(13)11-10-7;1-2;/h1-3H,(H,10,12)(H,11,13)(H,14,15);1-2H2;1H2. The van der Waals surface area contributed by atoms with E-state index in [4.69, 9.17) is 5.11 Å². The van der Waals surface area contributed by atoms with Crippen molar-refractivity contribution in [1.82, 2.24) is 10.2 Å². The Morgan fingerprint density at radius 3 is 2.06 bits per heavy atom. The summed E-state index contributed by atoms with van der Waals surface area (Å²) in [5, 5.41) is 13.2. The van der Waals surface area contributed by atoms with Gasteiger partial charge in [-0.1, -0.05) is 0 Å². The molecule has 9 nitrogen and oxygen atoms in total. The summed E-state index contributed by atoms with van der Waals surface area (Å²) in [6.45, 7) is 0. The number of benzene rings is 1. The first-order valence-corrected chi connectivity index (χ1v) is 4.41. The van der Waals surface area contributed by atoms with Crippen LogP contribution in [0.3, 0.4) is 0 Å². The van der Waals surface area contributed by atoms with Gasteiger partial charge < -0.3 is 10.6 Å². The Balaban J connectivity index is 0.000000917. The monoisotopic (exact) mass is 256 g/mol. The predicted molar refractivity (Wildman–Crippen MR) is 64.1 cm³/mol. The summed E-state index contributed by atoms with van der Waals surface area (Å²) >= 11 is 0. The molecule has 9 N–H and O–H groups in total. The minimum absolute atomic E-state index is 0. The highest BCUT2D eigenvalue weighted by Crippen LogP contribution is 2.07. The Bertz CT molecular complexity index is 660. The normalized spacial score (nSPS) is 9.00. The van der Waals surface area contributed by atoms with E-state index in [0.29, 0.717) is 0 Å². The number of aromatic nitrogens is 2. The Morgan fingerprint density at radius 1 is 1.06 bits per heavy atom. The molecule has 0 spiro atoms. The van der Waals surface area contributed by atoms with Crippen molar-refractivity contribution in [2.45, 2.75) is 0 Å². The molecule has 9 heteroatoms. The van der Waals surface area contributed by atoms with Gasteiger partial charge in [0.1, 0.15) is 0 Å². The molecule has 0 saturated heterocycles. The van der Waals surface area contributed by atoms with Gasteiger partial charge in [0, 0.05) is 0 Å². The van der Waals surface area contributed by atoms with E-state index in [1.165, 1.54) is 18.2 Å². The number of carboxylic acids is 1. The van der Waals surface area contributed by atoms with Crippen LogP contribution in [0.15, 0.2) is 27.8 Å². The van der Waals surface area contributed by atoms with Gasteiger partial charge in [0.05, 0.1) is 16.3 Å². The Kier molecular flexibility index (Phi) is 5.42. The number of hydrazine groups is 1. The van der Waals surface area contributed by atoms with Crippen LogP contribution in [0.1, 0.15) is 10.4 Å². The summed E-state index contributed by atoms with van der Waals surface area (Å²) in [5.74, 6) is 6.86. The fraction of sp³-hybridized carbons (Fsp3) is 0. The van der Waals surface area contributed by atoms with Crippen molar-refractivity contribution in [2.75, 3.05) is 0 Å². The van der Waals surface area contributed by atoms with Gasteiger partial charge in [-0.15, -0.1) is 0 Å². The molecule has 0 fully saturated rings. The molecule has 0 aliphatic heterocycles. The van der Waals surface area contributed by atoms with Gasteiger partial charge in [-0.25, -0.2) is 4.79 Å². The van der Waals surface area contributed by atoms with Gasteiger partial charge in [-0.2, -0.15) is 0 Å². The lowest BCUT2D eigenvalue weighted by Crippen LogP contribution is -2.19. The molecule has 0 bridgehead atoms. The molecule has 0 saturated carbocycles. The third-order valence-electron chi connectivity index (χ3n) is 2.05. The number of carbonyl (C=O) groups is 1. The van der Waals surface area contributed by atoms with Gasteiger partial charge in [-0.05, 0) is 18.2 Å². The van der Waals surface area contributed by atoms with Crippen LogP contribution in [0.2, 0.25) is 0 Å². The SMILES string of the molecule is NN.O.O=C(O)c1ccc2c(=O)[nH][nH]c(=O)c2c1. The van der Waals surface area contributed by atoms with E-state index in [-0.39, 0.29) is 21.8 Å². The second-order valence-electron chi connectivity index (χ2n) is 2.97. The van der Waals surface area contributed by atoms with Crippen molar-refractivity contribution in [3.63, 3.8) is 0 Å². The van der Waals surface area contributed by atoms with Gasteiger partial charge in [0.2, 0.25) is 0 Å². The average Bonchev–Trinajstić information content (AvgIpc) is 2.36. The fourth-order valence-electron chi connectivity index (χ4n) is 1.31. The Labute approximate surface area is 99.3 Å². The average molecular weight is 256 g/mol. The van der Waals surface area contributed by atoms with E-state index >= 15 is 0 Å². The molecule has 2 rings (SSSR count). The second kappa shape index (κ2) is 6.30. The lowest BCUT2D eigenvalue weighted by atomic mass is 10.1. The Morgan fingerprint density at radius 2 is 1.56 bits per heavy atom. The summed E-state index contributed by atoms with van der Waals surface area (Å²) in [6.07, 6.45) is 0. The number of aromatic carboxylic acids is 1. The first-order valence-electron chi connectivity index (χ1n) is 4.41. The van der Waals surface area contributed by atoms with Crippen LogP contribution >= 0.6 is 0 Å². The third-order valence-corrected chi connectivity index (χ3v) is 2.05. The third kappa shape index (κ3) is 2.79. The zero-order chi connectivity index (χ0) is 13.0. The number of hydrogen-bond acceptors (Lipinski definition) is 5. The highest BCUT2D eigenvalue weighted by molar-refractivity contribution is 5.93. The molecular weight excluding hydrogens is 244 g/mol. The van der Waals surface area contributed by atoms with Crippen molar-refractivity contribution in [1.29, 1.82) is 0 Å². The molecule has 0 unspecified atom stereocenters. The van der Waals surface area contributed by atoms with Crippen LogP contribution in [-0.4, -0.2) is 26.7 Å². The predicted octanol–water partition coefficient (Wildman–Crippen LogP) is -2.09. The van der Waals surface area contributed by atoms with Gasteiger partial charge in [0.25, 0.3) is 11.1 Å². The van der Waals surface area contributed by atoms with Crippen LogP contribution in [-0.2, 0) is 0 Å². The number of carboxylic acid groups (broad SMARTS) is 1. The van der Waals surface area contributed by atoms with Crippen molar-refractivity contribution in [3.8, 4) is 0 Å². The van der Waals surface area contributed by atoms with Crippen LogP contribution in [0, 0.1) is 0 Å². The largest absolute Gasteiger partial charge is 0.478 e. The first kappa shape index (κ1) is 15.5. The summed E-state index contributed by atoms with van der Waals surface area (Å²) in [4.78, 5) is 33.2. The van der Waals surface area contributed by atoms with Crippen molar-refractivity contribution in [2.24, 2.45) is 11.7 Å². The number of aromatic amines is 2. The van der Waals surface area contributed by atoms with Crippen molar-refractivity contribution < 1.29 is 15.4 Å². The molecular formula is C9H12N4O5. The molecule has 0 radical (unpaired) electrons. The van der Waals surface area contributed by atoms with E-state index in [1.54, 1.807) is 0 Å². The molecule has 0 amide bonds. The molecule has 98 valence electrons. The number of nitrogens with two attached hydrogens (primary N) is 2. The van der Waals surface area contributed by atoms with Gasteiger partial charge in [0.15, 0.2) is 0 Å². The quantitative estimate of drug-likeness (QED) is 0.287. The van der Waals surface area contributed by atoms with Crippen molar-refractivity contribution in [3.05, 3.63) is 44.5 Å². The number of hydrogen-bond donors (Lipinski definition) is 5. The topological polar surface area (TPSA) is 187 Å². The zero-order valence-electron chi connectivity index (χ0n) is 9.06. The van der Waals surface area contributed by atoms with Crippen molar-refractivity contribution >= 4 is 16.7 Å². The van der Waals surface area contributed by atoms with Gasteiger partial charge in [-0.3, -0.25) is 31.5 Å². The summed E-state index contributed by atoms with van der Waals surface area (Å²) in [5.41, 5.74) is -1.01. The van der Waals surface area contributed by atoms with E-state index in [0.717, 1.165) is 0 Å². The molecule has 1 heterocycles. The number of nitrogens with one attached hydrogen (secondary N) is 2. The van der Waals surface area contributed by atoms with Crippen LogP contribution in [0.5, 0.6) is 0 Å². The molecule has 18 heavy (non-hydrogen) atoms. The maximum Gasteiger partial charge on any atom is 0.335 e. The lowest BCUT2D eigenvalue weighted by Gasteiger charge is -1.97. The minimum Gasteiger partial charge on any atom is -0.478 e. The molecule has 1 aromatic carbocycles. The van der Waals surface area contributed by atoms with E-state index in [9.17, 15) is 14.4 Å². The van der Waals surface area contributed by atoms with Gasteiger partial charge >= 0.3 is 5.97 Å². The van der Waals surface area contributed by atoms with Crippen LogP contribution in [0.4, 0.5) is 0 Å². The number of H-pyrrole nitrogens is 2. The van der Waals surface area contributed by atoms with Crippen LogP contribution < -0.4 is 22.8 Å². The van der Waals surface area contributed by atoms with E-state index in [2.05, 4.69) is 21.9 Å². The van der Waals surface area contributed by atoms with Crippen LogP contribution in [0.25, 0.3) is 10.8 Å². The summed E-state index contributed by atoms with van der Waals surface area (Å²) in [7, 11) is 0. The first-order chi connectivity index (χ1) is 8.09. The minimum atomic E-state index is -1.14. The maximum atomic E-state index is 11.3. The molecule has 1 aromatic heterocycles. The number of rotatable bonds is 1. The molecule has 0 aliphatic rings. The summed E-state index contributed by atoms with van der Waals surface area (Å²) in [6, 6.07) is 3.76. The molecule has 0 atom stereocenters. The highest BCUT2D eigenvalue weighted by Gasteiger charge is 2.07. The maximum absolute atomic E-state index is 11.3. The number of fused-ring (bicyclic) bond motifs is 1. The molecule has 2 aromatic rings. The second-order valence-corrected chi connectivity index (χ2v) is 2.97. The zero-order valence-corrected chi connectivity index (χ0v) is 9.06. The van der Waals surface area contributed by atoms with E-state index < -0.39 is 17.1 Å². The Hall–Kier alpha value is -2.49. The highest BCUT2D eigenvalue weighted by atomic mass is 16.4. The van der Waals surface area contributed by atoms with E-state index in [1.807, 2.05) is 0 Å². The summed E-state index contributed by atoms with van der Waals surface area (Å²) < 4.78 is 0. The fourth-order valence-corrected chi connectivity index (χ4v) is 1.31. The molecule has 0 aliphatic carbocycles. The smallest absolute Gasteiger partial charge is 0.335 e.